The average Bonchev–Trinajstić information content (AvgIpc) is 2.94. The van der Waals surface area contributed by atoms with Gasteiger partial charge in [-0.15, -0.1) is 11.3 Å². The molecule has 1 saturated heterocycles. The van der Waals surface area contributed by atoms with Crippen LogP contribution in [-0.2, 0) is 16.6 Å². The van der Waals surface area contributed by atoms with Gasteiger partial charge >= 0.3 is 0 Å². The SMILES string of the molecule is CCN1CCN(S(=O)(=O)c2ccsc2CNC(C)C)CC1. The van der Waals surface area contributed by atoms with Gasteiger partial charge < -0.3 is 10.2 Å². The Balaban J connectivity index is 2.11. The number of piperazine rings is 1. The number of nitrogens with zero attached hydrogens (tertiary/aromatic N) is 2. The van der Waals surface area contributed by atoms with E-state index in [1.807, 2.05) is 5.38 Å². The van der Waals surface area contributed by atoms with Crippen LogP contribution in [0.15, 0.2) is 16.3 Å². The highest BCUT2D eigenvalue weighted by molar-refractivity contribution is 7.89. The third-order valence-corrected chi connectivity index (χ3v) is 6.81. The number of hydrogen-bond donors (Lipinski definition) is 1. The van der Waals surface area contributed by atoms with E-state index in [1.54, 1.807) is 10.4 Å². The molecule has 1 fully saturated rings. The van der Waals surface area contributed by atoms with Crippen LogP contribution in [0.4, 0.5) is 0 Å². The van der Waals surface area contributed by atoms with Crippen molar-refractivity contribution < 1.29 is 8.42 Å². The quantitative estimate of drug-likeness (QED) is 0.860. The largest absolute Gasteiger partial charge is 0.310 e. The molecule has 0 saturated carbocycles. The number of hydrogen-bond acceptors (Lipinski definition) is 5. The van der Waals surface area contributed by atoms with Crippen LogP contribution in [0.2, 0.25) is 0 Å². The first kappa shape index (κ1) is 16.9. The molecule has 1 aliphatic heterocycles. The molecule has 7 heteroatoms. The van der Waals surface area contributed by atoms with Gasteiger partial charge in [0.2, 0.25) is 10.0 Å². The van der Waals surface area contributed by atoms with Gasteiger partial charge in [0.05, 0.1) is 4.90 Å². The van der Waals surface area contributed by atoms with E-state index >= 15 is 0 Å². The third kappa shape index (κ3) is 4.04. The van der Waals surface area contributed by atoms with Gasteiger partial charge in [-0.3, -0.25) is 0 Å². The molecule has 1 aromatic heterocycles. The maximum Gasteiger partial charge on any atom is 0.244 e. The van der Waals surface area contributed by atoms with E-state index in [0.29, 0.717) is 30.6 Å². The maximum absolute atomic E-state index is 12.8. The Morgan fingerprint density at radius 3 is 2.52 bits per heavy atom. The molecule has 0 aromatic carbocycles. The van der Waals surface area contributed by atoms with Crippen LogP contribution in [0.25, 0.3) is 0 Å². The highest BCUT2D eigenvalue weighted by Crippen LogP contribution is 2.26. The molecule has 1 aromatic rings. The molecule has 2 rings (SSSR count). The fourth-order valence-electron chi connectivity index (χ4n) is 2.41. The monoisotopic (exact) mass is 331 g/mol. The van der Waals surface area contributed by atoms with Crippen molar-refractivity contribution in [1.82, 2.24) is 14.5 Å². The van der Waals surface area contributed by atoms with Crippen molar-refractivity contribution in [3.05, 3.63) is 16.3 Å². The van der Waals surface area contributed by atoms with Gasteiger partial charge in [-0.1, -0.05) is 20.8 Å². The van der Waals surface area contributed by atoms with Gasteiger partial charge in [0, 0.05) is 43.6 Å². The van der Waals surface area contributed by atoms with Gasteiger partial charge in [-0.25, -0.2) is 8.42 Å². The Kier molecular flexibility index (Phi) is 5.79. The standard InChI is InChI=1S/C14H25N3O2S2/c1-4-16-6-8-17(9-7-16)21(18,19)14-5-10-20-13(14)11-15-12(2)3/h5,10,12,15H,4,6-9,11H2,1-3H3. The zero-order valence-electron chi connectivity index (χ0n) is 13.0. The zero-order valence-corrected chi connectivity index (χ0v) is 14.6. The fraction of sp³-hybridized carbons (Fsp3) is 0.714. The van der Waals surface area contributed by atoms with Crippen molar-refractivity contribution in [2.75, 3.05) is 32.7 Å². The molecular weight excluding hydrogens is 306 g/mol. The normalized spacial score (nSPS) is 18.5. The molecule has 0 spiro atoms. The molecule has 0 atom stereocenters. The lowest BCUT2D eigenvalue weighted by molar-refractivity contribution is 0.196. The summed E-state index contributed by atoms with van der Waals surface area (Å²) in [6, 6.07) is 2.08. The molecule has 21 heavy (non-hydrogen) atoms. The Morgan fingerprint density at radius 2 is 1.95 bits per heavy atom. The summed E-state index contributed by atoms with van der Waals surface area (Å²) in [6.07, 6.45) is 0. The number of thiophene rings is 1. The average molecular weight is 332 g/mol. The Hall–Kier alpha value is -0.470. The number of likely N-dealkylation sites (N-methyl/N-ethyl adjacent to an activating group) is 1. The van der Waals surface area contributed by atoms with Crippen LogP contribution >= 0.6 is 11.3 Å². The van der Waals surface area contributed by atoms with E-state index in [-0.39, 0.29) is 0 Å². The molecule has 120 valence electrons. The molecule has 1 N–H and O–H groups in total. The van der Waals surface area contributed by atoms with E-state index in [0.717, 1.165) is 24.5 Å². The molecule has 1 aliphatic rings. The van der Waals surface area contributed by atoms with E-state index in [4.69, 9.17) is 0 Å². The van der Waals surface area contributed by atoms with E-state index in [9.17, 15) is 8.42 Å². The van der Waals surface area contributed by atoms with Crippen LogP contribution in [0.3, 0.4) is 0 Å². The van der Waals surface area contributed by atoms with Crippen LogP contribution < -0.4 is 5.32 Å². The highest BCUT2D eigenvalue weighted by atomic mass is 32.2. The minimum absolute atomic E-state index is 0.343. The Bertz CT molecular complexity index is 546. The van der Waals surface area contributed by atoms with Crippen molar-refractivity contribution >= 4 is 21.4 Å². The summed E-state index contributed by atoms with van der Waals surface area (Å²) < 4.78 is 27.2. The number of rotatable bonds is 6. The summed E-state index contributed by atoms with van der Waals surface area (Å²) in [6.45, 7) is 10.6. The molecule has 0 radical (unpaired) electrons. The summed E-state index contributed by atoms with van der Waals surface area (Å²) >= 11 is 1.51. The van der Waals surface area contributed by atoms with Crippen molar-refractivity contribution in [3.8, 4) is 0 Å². The van der Waals surface area contributed by atoms with Crippen LogP contribution in [0.1, 0.15) is 25.6 Å². The second kappa shape index (κ2) is 7.19. The summed E-state index contributed by atoms with van der Waals surface area (Å²) in [5.74, 6) is 0. The predicted octanol–water partition coefficient (Wildman–Crippen LogP) is 1.57. The molecule has 0 amide bonds. The van der Waals surface area contributed by atoms with Gasteiger partial charge in [-0.05, 0) is 18.0 Å². The highest BCUT2D eigenvalue weighted by Gasteiger charge is 2.30. The van der Waals surface area contributed by atoms with Crippen LogP contribution in [0, 0.1) is 0 Å². The molecule has 0 bridgehead atoms. The van der Waals surface area contributed by atoms with Gasteiger partial charge in [0.25, 0.3) is 0 Å². The molecule has 2 heterocycles. The first-order valence-electron chi connectivity index (χ1n) is 7.47. The van der Waals surface area contributed by atoms with E-state index in [1.165, 1.54) is 11.3 Å². The number of sulfonamides is 1. The van der Waals surface area contributed by atoms with E-state index in [2.05, 4.69) is 31.0 Å². The summed E-state index contributed by atoms with van der Waals surface area (Å²) in [5.41, 5.74) is 0. The minimum Gasteiger partial charge on any atom is -0.310 e. The summed E-state index contributed by atoms with van der Waals surface area (Å²) in [5, 5.41) is 5.17. The van der Waals surface area contributed by atoms with E-state index < -0.39 is 10.0 Å². The predicted molar refractivity (Wildman–Crippen MR) is 87.2 cm³/mol. The summed E-state index contributed by atoms with van der Waals surface area (Å²) in [4.78, 5) is 3.66. The third-order valence-electron chi connectivity index (χ3n) is 3.77. The smallest absolute Gasteiger partial charge is 0.244 e. The molecule has 5 nitrogen and oxygen atoms in total. The second-order valence-electron chi connectivity index (χ2n) is 5.58. The van der Waals surface area contributed by atoms with Gasteiger partial charge in [-0.2, -0.15) is 4.31 Å². The minimum atomic E-state index is -3.35. The Morgan fingerprint density at radius 1 is 1.29 bits per heavy atom. The van der Waals surface area contributed by atoms with Crippen molar-refractivity contribution in [1.29, 1.82) is 0 Å². The zero-order chi connectivity index (χ0) is 15.5. The Labute approximate surface area is 132 Å². The number of nitrogens with one attached hydrogen (secondary N) is 1. The fourth-order valence-corrected chi connectivity index (χ4v) is 5.20. The molecular formula is C14H25N3O2S2. The van der Waals surface area contributed by atoms with Gasteiger partial charge in [0.15, 0.2) is 0 Å². The topological polar surface area (TPSA) is 52.7 Å². The maximum atomic E-state index is 12.8. The van der Waals surface area contributed by atoms with Crippen molar-refractivity contribution in [2.24, 2.45) is 0 Å². The van der Waals surface area contributed by atoms with Crippen molar-refractivity contribution in [3.63, 3.8) is 0 Å². The second-order valence-corrected chi connectivity index (χ2v) is 8.49. The lowest BCUT2D eigenvalue weighted by Gasteiger charge is -2.33. The molecule has 0 aliphatic carbocycles. The first-order chi connectivity index (χ1) is 9.95. The molecule has 0 unspecified atom stereocenters. The summed E-state index contributed by atoms with van der Waals surface area (Å²) in [7, 11) is -3.35. The van der Waals surface area contributed by atoms with Crippen LogP contribution in [-0.4, -0.2) is 56.4 Å². The van der Waals surface area contributed by atoms with Gasteiger partial charge in [0.1, 0.15) is 0 Å². The lowest BCUT2D eigenvalue weighted by Crippen LogP contribution is -2.48. The van der Waals surface area contributed by atoms with Crippen LogP contribution in [0.5, 0.6) is 0 Å². The lowest BCUT2D eigenvalue weighted by atomic mass is 10.4. The van der Waals surface area contributed by atoms with Crippen molar-refractivity contribution in [2.45, 2.75) is 38.3 Å². The first-order valence-corrected chi connectivity index (χ1v) is 9.79.